The van der Waals surface area contributed by atoms with Crippen molar-refractivity contribution in [2.45, 2.75) is 45.6 Å². The molecule has 2 aromatic carbocycles. The summed E-state index contributed by atoms with van der Waals surface area (Å²) < 4.78 is 5.45. The van der Waals surface area contributed by atoms with Crippen LogP contribution in [0.15, 0.2) is 58.4 Å². The Morgan fingerprint density at radius 1 is 1.13 bits per heavy atom. The van der Waals surface area contributed by atoms with E-state index in [1.807, 2.05) is 66.4 Å². The van der Waals surface area contributed by atoms with Gasteiger partial charge >= 0.3 is 0 Å². The van der Waals surface area contributed by atoms with Gasteiger partial charge in [-0.1, -0.05) is 50.1 Å². The molecule has 0 radical (unpaired) electrons. The summed E-state index contributed by atoms with van der Waals surface area (Å²) in [4.78, 5) is 21.0. The Hall–Kier alpha value is -2.53. The minimum absolute atomic E-state index is 0.0629. The van der Waals surface area contributed by atoms with Gasteiger partial charge in [-0.15, -0.1) is 0 Å². The van der Waals surface area contributed by atoms with Gasteiger partial charge in [-0.3, -0.25) is 9.69 Å². The molecule has 4 nitrogen and oxygen atoms in total. The minimum atomic E-state index is 0.0629. The lowest BCUT2D eigenvalue weighted by atomic mass is 9.85. The van der Waals surface area contributed by atoms with Gasteiger partial charge in [-0.2, -0.15) is 0 Å². The fourth-order valence-corrected chi connectivity index (χ4v) is 5.27. The average Bonchev–Trinajstić information content (AvgIpc) is 3.05. The topological polar surface area (TPSA) is 41.9 Å². The third kappa shape index (κ3) is 4.31. The van der Waals surface area contributed by atoms with Crippen molar-refractivity contribution in [3.05, 3.63) is 64.6 Å². The number of aliphatic imine (C=N–C) groups is 1. The lowest BCUT2D eigenvalue weighted by molar-refractivity contribution is -0.124. The third-order valence-corrected chi connectivity index (χ3v) is 6.93. The van der Waals surface area contributed by atoms with Crippen molar-refractivity contribution in [1.29, 1.82) is 0 Å². The monoisotopic (exact) mass is 420 g/mol. The van der Waals surface area contributed by atoms with Gasteiger partial charge in [0.15, 0.2) is 5.17 Å². The molecule has 1 aliphatic heterocycles. The van der Waals surface area contributed by atoms with E-state index in [0.717, 1.165) is 47.0 Å². The van der Waals surface area contributed by atoms with Crippen LogP contribution >= 0.6 is 11.8 Å². The molecule has 0 aromatic heterocycles. The fourth-order valence-electron chi connectivity index (χ4n) is 4.23. The minimum Gasteiger partial charge on any atom is -0.496 e. The maximum absolute atomic E-state index is 13.5. The number of benzene rings is 2. The van der Waals surface area contributed by atoms with E-state index in [9.17, 15) is 4.79 Å². The molecule has 1 aliphatic carbocycles. The summed E-state index contributed by atoms with van der Waals surface area (Å²) in [6.45, 7) is 4.27. The van der Waals surface area contributed by atoms with Gasteiger partial charge in [0, 0.05) is 6.04 Å². The first-order chi connectivity index (χ1) is 14.6. The second-order valence-electron chi connectivity index (χ2n) is 8.07. The third-order valence-electron chi connectivity index (χ3n) is 5.95. The van der Waals surface area contributed by atoms with Crippen molar-refractivity contribution in [3.63, 3.8) is 0 Å². The number of carbonyl (C=O) groups is 1. The van der Waals surface area contributed by atoms with Gasteiger partial charge < -0.3 is 4.74 Å². The molecule has 2 atom stereocenters. The second kappa shape index (κ2) is 9.09. The SMILES string of the molecule is COc1cc(/C=C2\SC(=Nc3ccccc3)N([C@@H]3CCCC[C@H]3C)C2=O)ccc1C. The number of rotatable bonds is 4. The molecular weight excluding hydrogens is 392 g/mol. The number of hydrogen-bond donors (Lipinski definition) is 0. The summed E-state index contributed by atoms with van der Waals surface area (Å²) >= 11 is 1.48. The molecule has 1 amide bonds. The lowest BCUT2D eigenvalue weighted by Gasteiger charge is -2.35. The molecule has 1 saturated carbocycles. The molecule has 2 aromatic rings. The number of para-hydroxylation sites is 1. The van der Waals surface area contributed by atoms with E-state index in [0.29, 0.717) is 10.8 Å². The van der Waals surface area contributed by atoms with Crippen LogP contribution in [-0.2, 0) is 4.79 Å². The largest absolute Gasteiger partial charge is 0.496 e. The smallest absolute Gasteiger partial charge is 0.267 e. The van der Waals surface area contributed by atoms with Gasteiger partial charge in [-0.25, -0.2) is 4.99 Å². The number of amides is 1. The summed E-state index contributed by atoms with van der Waals surface area (Å²) in [6.07, 6.45) is 6.56. The highest BCUT2D eigenvalue weighted by atomic mass is 32.2. The first-order valence-corrected chi connectivity index (χ1v) is 11.4. The number of amidine groups is 1. The second-order valence-corrected chi connectivity index (χ2v) is 9.08. The first-order valence-electron chi connectivity index (χ1n) is 10.6. The maximum Gasteiger partial charge on any atom is 0.267 e. The Morgan fingerprint density at radius 2 is 1.90 bits per heavy atom. The van der Waals surface area contributed by atoms with Crippen molar-refractivity contribution in [1.82, 2.24) is 4.90 Å². The normalized spacial score (nSPS) is 24.6. The van der Waals surface area contributed by atoms with Gasteiger partial charge in [0.05, 0.1) is 17.7 Å². The van der Waals surface area contributed by atoms with Crippen LogP contribution in [0.5, 0.6) is 5.75 Å². The zero-order chi connectivity index (χ0) is 21.1. The summed E-state index contributed by atoms with van der Waals surface area (Å²) in [5.74, 6) is 1.37. The van der Waals surface area contributed by atoms with Crippen molar-refractivity contribution < 1.29 is 9.53 Å². The predicted octanol–water partition coefficient (Wildman–Crippen LogP) is 6.19. The molecule has 30 heavy (non-hydrogen) atoms. The molecule has 1 saturated heterocycles. The number of carbonyl (C=O) groups excluding carboxylic acids is 1. The molecule has 0 N–H and O–H groups in total. The number of nitrogens with zero attached hydrogens (tertiary/aromatic N) is 2. The van der Waals surface area contributed by atoms with Crippen LogP contribution in [0.2, 0.25) is 0 Å². The number of methoxy groups -OCH3 is 1. The Balaban J connectivity index is 1.72. The van der Waals surface area contributed by atoms with Crippen LogP contribution < -0.4 is 4.74 Å². The Kier molecular flexibility index (Phi) is 6.28. The van der Waals surface area contributed by atoms with Gasteiger partial charge in [0.25, 0.3) is 5.91 Å². The standard InChI is InChI=1S/C25H28N2O2S/c1-17-9-7-8-12-21(17)27-24(28)23(16-19-14-13-18(2)22(15-19)29-3)30-25(27)26-20-10-5-4-6-11-20/h4-6,10-11,13-17,21H,7-9,12H2,1-3H3/b23-16-,26-25?/t17-,21-/m1/s1. The molecule has 1 heterocycles. The molecule has 0 bridgehead atoms. The molecule has 4 rings (SSSR count). The molecule has 2 fully saturated rings. The summed E-state index contributed by atoms with van der Waals surface area (Å²) in [5.41, 5.74) is 2.92. The van der Waals surface area contributed by atoms with E-state index in [-0.39, 0.29) is 11.9 Å². The highest BCUT2D eigenvalue weighted by Gasteiger charge is 2.41. The molecule has 0 spiro atoms. The van der Waals surface area contributed by atoms with Crippen LogP contribution in [0.1, 0.15) is 43.7 Å². The molecule has 5 heteroatoms. The average molecular weight is 421 g/mol. The van der Waals surface area contributed by atoms with E-state index in [4.69, 9.17) is 9.73 Å². The highest BCUT2D eigenvalue weighted by molar-refractivity contribution is 8.18. The van der Waals surface area contributed by atoms with Crippen molar-refractivity contribution in [2.75, 3.05) is 7.11 Å². The van der Waals surface area contributed by atoms with Crippen molar-refractivity contribution in [3.8, 4) is 5.75 Å². The van der Waals surface area contributed by atoms with E-state index in [2.05, 4.69) is 6.92 Å². The number of aryl methyl sites for hydroxylation is 1. The predicted molar refractivity (Wildman–Crippen MR) is 125 cm³/mol. The number of ether oxygens (including phenoxy) is 1. The van der Waals surface area contributed by atoms with Gasteiger partial charge in [0.2, 0.25) is 0 Å². The van der Waals surface area contributed by atoms with Crippen molar-refractivity contribution >= 4 is 34.6 Å². The summed E-state index contributed by atoms with van der Waals surface area (Å²) in [5, 5.41) is 0.787. The Bertz CT molecular complexity index is 984. The van der Waals surface area contributed by atoms with E-state index < -0.39 is 0 Å². The van der Waals surface area contributed by atoms with Crippen LogP contribution in [0.4, 0.5) is 5.69 Å². The van der Waals surface area contributed by atoms with Gasteiger partial charge in [0.1, 0.15) is 5.75 Å². The van der Waals surface area contributed by atoms with Crippen LogP contribution in [-0.4, -0.2) is 29.1 Å². The van der Waals surface area contributed by atoms with Crippen LogP contribution in [0, 0.1) is 12.8 Å². The van der Waals surface area contributed by atoms with Crippen LogP contribution in [0.25, 0.3) is 6.08 Å². The fraction of sp³-hybridized carbons (Fsp3) is 0.360. The van der Waals surface area contributed by atoms with E-state index in [1.54, 1.807) is 7.11 Å². The summed E-state index contributed by atoms with van der Waals surface area (Å²) in [7, 11) is 1.67. The molecule has 2 aliphatic rings. The molecular formula is C25H28N2O2S. The lowest BCUT2D eigenvalue weighted by Crippen LogP contribution is -2.44. The Labute approximate surface area is 183 Å². The highest BCUT2D eigenvalue weighted by Crippen LogP contribution is 2.40. The quantitative estimate of drug-likeness (QED) is 0.554. The molecule has 156 valence electrons. The van der Waals surface area contributed by atoms with E-state index in [1.165, 1.54) is 18.2 Å². The van der Waals surface area contributed by atoms with Gasteiger partial charge in [-0.05, 0) is 72.8 Å². The maximum atomic E-state index is 13.5. The van der Waals surface area contributed by atoms with E-state index >= 15 is 0 Å². The zero-order valence-corrected chi connectivity index (χ0v) is 18.6. The van der Waals surface area contributed by atoms with Crippen molar-refractivity contribution in [2.24, 2.45) is 10.9 Å². The number of hydrogen-bond acceptors (Lipinski definition) is 4. The Morgan fingerprint density at radius 3 is 2.63 bits per heavy atom. The van der Waals surface area contributed by atoms with Crippen LogP contribution in [0.3, 0.4) is 0 Å². The first kappa shape index (κ1) is 20.7. The summed E-state index contributed by atoms with van der Waals surface area (Å²) in [6, 6.07) is 16.1. The number of thioether (sulfide) groups is 1. The molecule has 0 unspecified atom stereocenters. The zero-order valence-electron chi connectivity index (χ0n) is 17.8.